The van der Waals surface area contributed by atoms with Crippen molar-refractivity contribution in [3.05, 3.63) is 41.9 Å². The van der Waals surface area contributed by atoms with E-state index < -0.39 is 0 Å². The Labute approximate surface area is 122 Å². The smallest absolute Gasteiger partial charge is 0.101 e. The molecule has 0 amide bonds. The molecule has 6 heteroatoms. The number of rotatable bonds is 4. The topological polar surface area (TPSA) is 48.5 Å². The Morgan fingerprint density at radius 1 is 1.30 bits per heavy atom. The molecule has 0 saturated heterocycles. The predicted molar refractivity (Wildman–Crippen MR) is 78.7 cm³/mol. The number of aryl methyl sites for hydroxylation is 1. The number of hydrogen-bond acceptors (Lipinski definition) is 3. The van der Waals surface area contributed by atoms with Crippen LogP contribution < -0.4 is 0 Å². The van der Waals surface area contributed by atoms with E-state index in [-0.39, 0.29) is 5.38 Å². The van der Waals surface area contributed by atoms with Gasteiger partial charge in [0.2, 0.25) is 0 Å². The van der Waals surface area contributed by atoms with E-state index in [0.717, 1.165) is 28.7 Å². The van der Waals surface area contributed by atoms with Gasteiger partial charge in [0.25, 0.3) is 0 Å². The van der Waals surface area contributed by atoms with Gasteiger partial charge in [-0.1, -0.05) is 30.3 Å². The second-order valence-corrected chi connectivity index (χ2v) is 5.33. The summed E-state index contributed by atoms with van der Waals surface area (Å²) >= 11 is 6.17. The summed E-state index contributed by atoms with van der Waals surface area (Å²) in [5.41, 5.74) is 2.92. The summed E-state index contributed by atoms with van der Waals surface area (Å²) in [4.78, 5) is 0. The van der Waals surface area contributed by atoms with Crippen LogP contribution in [0.1, 0.15) is 30.1 Å². The first-order chi connectivity index (χ1) is 9.69. The van der Waals surface area contributed by atoms with Crippen LogP contribution in [0.4, 0.5) is 0 Å². The van der Waals surface area contributed by atoms with Crippen LogP contribution in [0.3, 0.4) is 0 Å². The summed E-state index contributed by atoms with van der Waals surface area (Å²) in [5.74, 6) is 0. The molecule has 3 rings (SSSR count). The van der Waals surface area contributed by atoms with Gasteiger partial charge in [0.15, 0.2) is 0 Å². The zero-order valence-corrected chi connectivity index (χ0v) is 12.2. The number of halogens is 1. The van der Waals surface area contributed by atoms with E-state index in [1.54, 1.807) is 4.68 Å². The van der Waals surface area contributed by atoms with Gasteiger partial charge in [0.05, 0.1) is 29.3 Å². The molecule has 0 bridgehead atoms. The summed E-state index contributed by atoms with van der Waals surface area (Å²) in [7, 11) is 1.95. The van der Waals surface area contributed by atoms with Crippen LogP contribution >= 0.6 is 11.6 Å². The van der Waals surface area contributed by atoms with Crippen LogP contribution in [0, 0.1) is 0 Å². The number of para-hydroxylation sites is 1. The van der Waals surface area contributed by atoms with Crippen LogP contribution in [0.5, 0.6) is 0 Å². The molecule has 5 nitrogen and oxygen atoms in total. The third kappa shape index (κ3) is 2.29. The molecular formula is C14H16ClN5. The second kappa shape index (κ2) is 5.25. The fourth-order valence-electron chi connectivity index (χ4n) is 2.30. The standard InChI is InChI=1S/C14H16ClN5/c1-3-11(15)13-9-20(18-16-13)8-12-10-6-4-5-7-14(10)19(2)17-12/h4-7,9,11H,3,8H2,1-2H3. The van der Waals surface area contributed by atoms with E-state index in [1.165, 1.54) is 0 Å². The van der Waals surface area contributed by atoms with Gasteiger partial charge >= 0.3 is 0 Å². The molecule has 1 aromatic carbocycles. The van der Waals surface area contributed by atoms with Crippen molar-refractivity contribution in [1.82, 2.24) is 24.8 Å². The summed E-state index contributed by atoms with van der Waals surface area (Å²) in [5, 5.41) is 13.9. The first-order valence-electron chi connectivity index (χ1n) is 6.63. The molecule has 2 heterocycles. The van der Waals surface area contributed by atoms with Crippen molar-refractivity contribution in [2.75, 3.05) is 0 Å². The highest BCUT2D eigenvalue weighted by Gasteiger charge is 2.12. The number of aromatic nitrogens is 5. The van der Waals surface area contributed by atoms with Gasteiger partial charge in [-0.3, -0.25) is 4.68 Å². The molecule has 0 fully saturated rings. The van der Waals surface area contributed by atoms with Crippen molar-refractivity contribution in [2.24, 2.45) is 7.05 Å². The van der Waals surface area contributed by atoms with Crippen molar-refractivity contribution >= 4 is 22.5 Å². The van der Waals surface area contributed by atoms with E-state index in [4.69, 9.17) is 11.6 Å². The molecule has 0 N–H and O–H groups in total. The predicted octanol–water partition coefficient (Wildman–Crippen LogP) is 2.90. The van der Waals surface area contributed by atoms with E-state index in [0.29, 0.717) is 6.54 Å². The molecule has 1 unspecified atom stereocenters. The summed E-state index contributed by atoms with van der Waals surface area (Å²) in [6, 6.07) is 8.17. The van der Waals surface area contributed by atoms with Gasteiger partial charge in [0, 0.05) is 12.4 Å². The van der Waals surface area contributed by atoms with Crippen molar-refractivity contribution in [3.8, 4) is 0 Å². The Kier molecular flexibility index (Phi) is 3.44. The van der Waals surface area contributed by atoms with Crippen molar-refractivity contribution in [2.45, 2.75) is 25.3 Å². The summed E-state index contributed by atoms with van der Waals surface area (Å²) < 4.78 is 3.67. The number of nitrogens with zero attached hydrogens (tertiary/aromatic N) is 5. The Hall–Kier alpha value is -1.88. The van der Waals surface area contributed by atoms with Crippen molar-refractivity contribution in [3.63, 3.8) is 0 Å². The van der Waals surface area contributed by atoms with E-state index in [2.05, 4.69) is 27.5 Å². The van der Waals surface area contributed by atoms with Crippen LogP contribution in [0.25, 0.3) is 10.9 Å². The highest BCUT2D eigenvalue weighted by atomic mass is 35.5. The Morgan fingerprint density at radius 2 is 2.10 bits per heavy atom. The number of fused-ring (bicyclic) bond motifs is 1. The van der Waals surface area contributed by atoms with E-state index in [1.807, 2.05) is 37.0 Å². The number of hydrogen-bond donors (Lipinski definition) is 0. The molecule has 0 aliphatic rings. The van der Waals surface area contributed by atoms with Gasteiger partial charge in [-0.05, 0) is 12.5 Å². The molecule has 0 radical (unpaired) electrons. The van der Waals surface area contributed by atoms with Gasteiger partial charge in [-0.25, -0.2) is 4.68 Å². The molecule has 0 aliphatic heterocycles. The zero-order valence-electron chi connectivity index (χ0n) is 11.5. The lowest BCUT2D eigenvalue weighted by molar-refractivity contribution is 0.627. The summed E-state index contributed by atoms with van der Waals surface area (Å²) in [6.07, 6.45) is 2.73. The highest BCUT2D eigenvalue weighted by molar-refractivity contribution is 6.20. The Morgan fingerprint density at radius 3 is 2.90 bits per heavy atom. The Balaban J connectivity index is 1.91. The lowest BCUT2D eigenvalue weighted by atomic mass is 10.2. The van der Waals surface area contributed by atoms with Crippen LogP contribution in [-0.2, 0) is 13.6 Å². The third-order valence-electron chi connectivity index (χ3n) is 3.38. The first-order valence-corrected chi connectivity index (χ1v) is 7.07. The number of alkyl halides is 1. The van der Waals surface area contributed by atoms with Crippen LogP contribution in [0.15, 0.2) is 30.5 Å². The molecular weight excluding hydrogens is 274 g/mol. The minimum atomic E-state index is -0.0794. The lowest BCUT2D eigenvalue weighted by Crippen LogP contribution is -2.02. The molecule has 1 atom stereocenters. The summed E-state index contributed by atoms with van der Waals surface area (Å²) in [6.45, 7) is 2.63. The molecule has 20 heavy (non-hydrogen) atoms. The average Bonchev–Trinajstić information content (AvgIpc) is 3.05. The van der Waals surface area contributed by atoms with Crippen LogP contribution in [-0.4, -0.2) is 24.8 Å². The maximum atomic E-state index is 6.17. The van der Waals surface area contributed by atoms with Gasteiger partial charge in [-0.15, -0.1) is 16.7 Å². The molecule has 0 saturated carbocycles. The van der Waals surface area contributed by atoms with Gasteiger partial charge < -0.3 is 0 Å². The molecule has 0 aliphatic carbocycles. The zero-order chi connectivity index (χ0) is 14.1. The van der Waals surface area contributed by atoms with E-state index >= 15 is 0 Å². The normalized spacial score (nSPS) is 12.9. The average molecular weight is 290 g/mol. The third-order valence-corrected chi connectivity index (χ3v) is 3.91. The minimum Gasteiger partial charge on any atom is -0.268 e. The maximum Gasteiger partial charge on any atom is 0.101 e. The quantitative estimate of drug-likeness (QED) is 0.694. The lowest BCUT2D eigenvalue weighted by Gasteiger charge is -1.99. The molecule has 3 aromatic rings. The number of benzene rings is 1. The largest absolute Gasteiger partial charge is 0.268 e. The first kappa shape index (κ1) is 13.1. The molecule has 104 valence electrons. The van der Waals surface area contributed by atoms with Crippen molar-refractivity contribution in [1.29, 1.82) is 0 Å². The maximum absolute atomic E-state index is 6.17. The fraction of sp³-hybridized carbons (Fsp3) is 0.357. The second-order valence-electron chi connectivity index (χ2n) is 4.80. The highest BCUT2D eigenvalue weighted by Crippen LogP contribution is 2.22. The monoisotopic (exact) mass is 289 g/mol. The van der Waals surface area contributed by atoms with E-state index in [9.17, 15) is 0 Å². The van der Waals surface area contributed by atoms with Gasteiger partial charge in [-0.2, -0.15) is 5.10 Å². The SMILES string of the molecule is CCC(Cl)c1cn(Cc2nn(C)c3ccccc23)nn1. The van der Waals surface area contributed by atoms with Gasteiger partial charge in [0.1, 0.15) is 5.69 Å². The minimum absolute atomic E-state index is 0.0794. The van der Waals surface area contributed by atoms with Crippen LogP contribution in [0.2, 0.25) is 0 Å². The fourth-order valence-corrected chi connectivity index (χ4v) is 2.40. The van der Waals surface area contributed by atoms with Crippen molar-refractivity contribution < 1.29 is 0 Å². The Bertz CT molecular complexity index is 730. The molecule has 2 aromatic heterocycles. The molecule has 0 spiro atoms.